The molecule has 3 rings (SSSR count). The molecule has 3 N–H and O–H groups in total. The van der Waals surface area contributed by atoms with Gasteiger partial charge in [-0.1, -0.05) is 31.2 Å². The third-order valence-corrected chi connectivity index (χ3v) is 4.06. The van der Waals surface area contributed by atoms with Gasteiger partial charge in [-0.05, 0) is 29.7 Å². The minimum atomic E-state index is 0.0531. The van der Waals surface area contributed by atoms with Crippen molar-refractivity contribution in [1.82, 2.24) is 10.4 Å². The van der Waals surface area contributed by atoms with E-state index in [-0.39, 0.29) is 12.1 Å². The number of para-hydroxylation sites is 1. The summed E-state index contributed by atoms with van der Waals surface area (Å²) in [5, 5.41) is 0. The number of nitrogens with zero attached hydrogens (tertiary/aromatic N) is 1. The highest BCUT2D eigenvalue weighted by Crippen LogP contribution is 2.30. The molecule has 0 fully saturated rings. The van der Waals surface area contributed by atoms with E-state index in [4.69, 9.17) is 10.6 Å². The van der Waals surface area contributed by atoms with Crippen LogP contribution in [0.15, 0.2) is 42.6 Å². The van der Waals surface area contributed by atoms with Gasteiger partial charge in [0, 0.05) is 24.7 Å². The lowest BCUT2D eigenvalue weighted by Gasteiger charge is -2.22. The summed E-state index contributed by atoms with van der Waals surface area (Å²) in [4.78, 5) is 4.51. The number of rotatable bonds is 5. The number of aryl methyl sites for hydroxylation is 1. The van der Waals surface area contributed by atoms with E-state index in [0.717, 1.165) is 30.7 Å². The Bertz CT molecular complexity index is 572. The van der Waals surface area contributed by atoms with E-state index in [1.54, 1.807) is 0 Å². The summed E-state index contributed by atoms with van der Waals surface area (Å²) in [5.41, 5.74) is 6.43. The topological polar surface area (TPSA) is 60.2 Å². The van der Waals surface area contributed by atoms with Crippen molar-refractivity contribution in [2.45, 2.75) is 38.3 Å². The van der Waals surface area contributed by atoms with Crippen LogP contribution in [-0.4, -0.2) is 17.1 Å². The van der Waals surface area contributed by atoms with E-state index in [9.17, 15) is 0 Å². The number of nitrogens with one attached hydrogen (secondary N) is 1. The van der Waals surface area contributed by atoms with Gasteiger partial charge in [0.25, 0.3) is 0 Å². The van der Waals surface area contributed by atoms with E-state index < -0.39 is 0 Å². The molecule has 2 aromatic rings. The van der Waals surface area contributed by atoms with Crippen LogP contribution in [0.1, 0.15) is 23.7 Å². The lowest BCUT2D eigenvalue weighted by Crippen LogP contribution is -2.47. The fraction of sp³-hybridized carbons (Fsp3) is 0.353. The molecule has 4 nitrogen and oxygen atoms in total. The number of nitrogens with two attached hydrogens (primary N) is 1. The Morgan fingerprint density at radius 2 is 2.19 bits per heavy atom. The molecule has 110 valence electrons. The third kappa shape index (κ3) is 3.06. The summed E-state index contributed by atoms with van der Waals surface area (Å²) < 4.78 is 6.01. The molecule has 0 aliphatic carbocycles. The predicted octanol–water partition coefficient (Wildman–Crippen LogP) is 2.02. The van der Waals surface area contributed by atoms with Gasteiger partial charge in [-0.25, -0.2) is 0 Å². The first-order valence-corrected chi connectivity index (χ1v) is 7.44. The van der Waals surface area contributed by atoms with Gasteiger partial charge in [0.2, 0.25) is 0 Å². The number of aromatic nitrogens is 1. The van der Waals surface area contributed by atoms with Crippen LogP contribution in [0.4, 0.5) is 0 Å². The summed E-state index contributed by atoms with van der Waals surface area (Å²) in [7, 11) is 0. The first kappa shape index (κ1) is 14.0. The molecule has 0 spiro atoms. The fourth-order valence-corrected chi connectivity index (χ4v) is 2.74. The maximum atomic E-state index is 6.01. The molecule has 2 atom stereocenters. The molecule has 0 saturated carbocycles. The number of ether oxygens (including phenoxy) is 1. The van der Waals surface area contributed by atoms with Crippen LogP contribution in [-0.2, 0) is 19.3 Å². The molecule has 0 saturated heterocycles. The van der Waals surface area contributed by atoms with Crippen LogP contribution >= 0.6 is 0 Å². The number of benzene rings is 1. The maximum Gasteiger partial charge on any atom is 0.123 e. The summed E-state index contributed by atoms with van der Waals surface area (Å²) in [5.74, 6) is 6.70. The van der Waals surface area contributed by atoms with E-state index in [1.807, 2.05) is 24.4 Å². The second-order valence-corrected chi connectivity index (χ2v) is 5.46. The first-order chi connectivity index (χ1) is 10.3. The van der Waals surface area contributed by atoms with E-state index >= 15 is 0 Å². The zero-order valence-corrected chi connectivity index (χ0v) is 12.3. The highest BCUT2D eigenvalue weighted by molar-refractivity contribution is 5.37. The van der Waals surface area contributed by atoms with Crippen molar-refractivity contribution in [3.05, 3.63) is 59.4 Å². The number of hydrogen-bond donors (Lipinski definition) is 2. The summed E-state index contributed by atoms with van der Waals surface area (Å²) >= 11 is 0. The van der Waals surface area contributed by atoms with E-state index in [1.165, 1.54) is 11.1 Å². The van der Waals surface area contributed by atoms with Crippen molar-refractivity contribution >= 4 is 0 Å². The molecule has 1 aromatic carbocycles. The van der Waals surface area contributed by atoms with Crippen LogP contribution in [0.5, 0.6) is 5.75 Å². The normalized spacial score (nSPS) is 18.1. The van der Waals surface area contributed by atoms with Crippen LogP contribution < -0.4 is 16.0 Å². The van der Waals surface area contributed by atoms with Crippen molar-refractivity contribution in [2.24, 2.45) is 5.84 Å². The van der Waals surface area contributed by atoms with Crippen LogP contribution in [0.25, 0.3) is 0 Å². The molecular formula is C17H21N3O. The summed E-state index contributed by atoms with van der Waals surface area (Å²) in [6.45, 7) is 2.13. The number of pyridine rings is 1. The molecule has 1 aliphatic rings. The van der Waals surface area contributed by atoms with E-state index in [2.05, 4.69) is 35.5 Å². The standard InChI is InChI=1S/C17H21N3O/c1-2-12-7-8-14(19-11-12)10-15(20-18)17-9-13-5-3-4-6-16(13)21-17/h3-8,11,15,17,20H,2,9-10,18H2,1H3. The Labute approximate surface area is 125 Å². The zero-order valence-electron chi connectivity index (χ0n) is 12.3. The van der Waals surface area contributed by atoms with Gasteiger partial charge in [0.15, 0.2) is 0 Å². The second-order valence-electron chi connectivity index (χ2n) is 5.46. The van der Waals surface area contributed by atoms with Gasteiger partial charge >= 0.3 is 0 Å². The average Bonchev–Trinajstić information content (AvgIpc) is 2.97. The highest BCUT2D eigenvalue weighted by Gasteiger charge is 2.29. The van der Waals surface area contributed by atoms with Crippen LogP contribution in [0.3, 0.4) is 0 Å². The summed E-state index contributed by atoms with van der Waals surface area (Å²) in [6.07, 6.45) is 4.65. The van der Waals surface area contributed by atoms with Crippen molar-refractivity contribution < 1.29 is 4.74 Å². The molecule has 21 heavy (non-hydrogen) atoms. The molecule has 4 heteroatoms. The Kier molecular flexibility index (Phi) is 4.18. The van der Waals surface area contributed by atoms with Crippen molar-refractivity contribution in [3.8, 4) is 5.75 Å². The number of hydrogen-bond acceptors (Lipinski definition) is 4. The van der Waals surface area contributed by atoms with Crippen LogP contribution in [0, 0.1) is 0 Å². The molecule has 2 unspecified atom stereocenters. The SMILES string of the molecule is CCc1ccc(CC(NN)C2Cc3ccccc3O2)nc1. The van der Waals surface area contributed by atoms with Gasteiger partial charge in [-0.15, -0.1) is 0 Å². The number of hydrazine groups is 1. The van der Waals surface area contributed by atoms with Crippen molar-refractivity contribution in [3.63, 3.8) is 0 Å². The zero-order chi connectivity index (χ0) is 14.7. The minimum Gasteiger partial charge on any atom is -0.488 e. The Balaban J connectivity index is 1.68. The molecule has 2 heterocycles. The van der Waals surface area contributed by atoms with Crippen LogP contribution in [0.2, 0.25) is 0 Å². The first-order valence-electron chi connectivity index (χ1n) is 7.44. The van der Waals surface area contributed by atoms with E-state index in [0.29, 0.717) is 0 Å². The predicted molar refractivity (Wildman–Crippen MR) is 83.0 cm³/mol. The molecule has 0 amide bonds. The molecule has 1 aliphatic heterocycles. The monoisotopic (exact) mass is 283 g/mol. The molecule has 0 bridgehead atoms. The highest BCUT2D eigenvalue weighted by atomic mass is 16.5. The Hall–Kier alpha value is -1.91. The Morgan fingerprint density at radius 1 is 1.33 bits per heavy atom. The van der Waals surface area contributed by atoms with Gasteiger partial charge in [-0.2, -0.15) is 0 Å². The lowest BCUT2D eigenvalue weighted by atomic mass is 10.0. The molecular weight excluding hydrogens is 262 g/mol. The van der Waals surface area contributed by atoms with Crippen molar-refractivity contribution in [1.29, 1.82) is 0 Å². The smallest absolute Gasteiger partial charge is 0.123 e. The maximum absolute atomic E-state index is 6.01. The largest absolute Gasteiger partial charge is 0.488 e. The summed E-state index contributed by atoms with van der Waals surface area (Å²) in [6, 6.07) is 12.4. The molecule has 0 radical (unpaired) electrons. The average molecular weight is 283 g/mol. The van der Waals surface area contributed by atoms with Gasteiger partial charge in [-0.3, -0.25) is 16.3 Å². The number of fused-ring (bicyclic) bond motifs is 1. The third-order valence-electron chi connectivity index (χ3n) is 4.06. The second kappa shape index (κ2) is 6.24. The quantitative estimate of drug-likeness (QED) is 0.651. The minimum absolute atomic E-state index is 0.0531. The fourth-order valence-electron chi connectivity index (χ4n) is 2.74. The van der Waals surface area contributed by atoms with Crippen molar-refractivity contribution in [2.75, 3.05) is 0 Å². The van der Waals surface area contributed by atoms with Gasteiger partial charge in [0.05, 0.1) is 6.04 Å². The molecule has 1 aromatic heterocycles. The van der Waals surface area contributed by atoms with Gasteiger partial charge < -0.3 is 4.74 Å². The lowest BCUT2D eigenvalue weighted by molar-refractivity contribution is 0.177. The Morgan fingerprint density at radius 3 is 2.86 bits per heavy atom. The van der Waals surface area contributed by atoms with Gasteiger partial charge in [0.1, 0.15) is 11.9 Å².